The standard InChI is InChI=1S/C18H16N2O2/c1-12-6-5-9-17(19-12)20-18(21)15-10-13-7-3-4-8-14(13)11-16(15)22-2/h3-11H,1-2H3,(H,19,20,21). The molecule has 110 valence electrons. The van der Waals surface area contributed by atoms with Gasteiger partial charge in [-0.25, -0.2) is 4.98 Å². The molecule has 0 radical (unpaired) electrons. The fourth-order valence-electron chi connectivity index (χ4n) is 2.36. The quantitative estimate of drug-likeness (QED) is 0.798. The first kappa shape index (κ1) is 14.1. The van der Waals surface area contributed by atoms with E-state index in [1.165, 1.54) is 0 Å². The number of carbonyl (C=O) groups is 1. The maximum absolute atomic E-state index is 12.5. The van der Waals surface area contributed by atoms with Crippen LogP contribution in [0.2, 0.25) is 0 Å². The molecule has 0 fully saturated rings. The van der Waals surface area contributed by atoms with Gasteiger partial charge in [0.25, 0.3) is 5.91 Å². The van der Waals surface area contributed by atoms with Gasteiger partial charge in [-0.2, -0.15) is 0 Å². The van der Waals surface area contributed by atoms with E-state index in [1.54, 1.807) is 13.2 Å². The highest BCUT2D eigenvalue weighted by Gasteiger charge is 2.14. The molecular weight excluding hydrogens is 276 g/mol. The topological polar surface area (TPSA) is 51.2 Å². The van der Waals surface area contributed by atoms with Gasteiger partial charge in [0, 0.05) is 5.69 Å². The molecule has 3 rings (SSSR count). The number of hydrogen-bond donors (Lipinski definition) is 1. The summed E-state index contributed by atoms with van der Waals surface area (Å²) in [7, 11) is 1.56. The summed E-state index contributed by atoms with van der Waals surface area (Å²) in [6.07, 6.45) is 0. The summed E-state index contributed by atoms with van der Waals surface area (Å²) in [6.45, 7) is 1.88. The van der Waals surface area contributed by atoms with E-state index >= 15 is 0 Å². The number of anilines is 1. The van der Waals surface area contributed by atoms with Crippen molar-refractivity contribution in [3.63, 3.8) is 0 Å². The number of nitrogens with one attached hydrogen (secondary N) is 1. The molecule has 0 saturated carbocycles. The number of aromatic nitrogens is 1. The van der Waals surface area contributed by atoms with E-state index in [9.17, 15) is 4.79 Å². The van der Waals surface area contributed by atoms with Crippen LogP contribution in [0.4, 0.5) is 5.82 Å². The zero-order valence-electron chi connectivity index (χ0n) is 12.5. The van der Waals surface area contributed by atoms with Gasteiger partial charge < -0.3 is 10.1 Å². The number of benzene rings is 2. The van der Waals surface area contributed by atoms with Crippen molar-refractivity contribution in [1.29, 1.82) is 0 Å². The maximum Gasteiger partial charge on any atom is 0.260 e. The number of aryl methyl sites for hydroxylation is 1. The van der Waals surface area contributed by atoms with E-state index in [4.69, 9.17) is 4.74 Å². The molecule has 1 amide bonds. The van der Waals surface area contributed by atoms with E-state index < -0.39 is 0 Å². The van der Waals surface area contributed by atoms with Gasteiger partial charge in [0.2, 0.25) is 0 Å². The zero-order chi connectivity index (χ0) is 15.5. The highest BCUT2D eigenvalue weighted by Crippen LogP contribution is 2.26. The van der Waals surface area contributed by atoms with Gasteiger partial charge in [-0.3, -0.25) is 4.79 Å². The summed E-state index contributed by atoms with van der Waals surface area (Å²) in [5.74, 6) is 0.838. The second-order valence-corrected chi connectivity index (χ2v) is 5.02. The minimum absolute atomic E-state index is 0.235. The lowest BCUT2D eigenvalue weighted by Crippen LogP contribution is -2.14. The second-order valence-electron chi connectivity index (χ2n) is 5.02. The molecule has 0 aliphatic carbocycles. The third-order valence-corrected chi connectivity index (χ3v) is 3.44. The summed E-state index contributed by atoms with van der Waals surface area (Å²) in [4.78, 5) is 16.8. The molecular formula is C18H16N2O2. The molecule has 0 aliphatic rings. The Morgan fingerprint density at radius 2 is 1.77 bits per heavy atom. The minimum atomic E-state index is -0.235. The molecule has 3 aromatic rings. The highest BCUT2D eigenvalue weighted by molar-refractivity contribution is 6.08. The number of methoxy groups -OCH3 is 1. The monoisotopic (exact) mass is 292 g/mol. The van der Waals surface area contributed by atoms with Crippen LogP contribution < -0.4 is 10.1 Å². The van der Waals surface area contributed by atoms with Gasteiger partial charge in [-0.15, -0.1) is 0 Å². The van der Waals surface area contributed by atoms with Crippen molar-refractivity contribution < 1.29 is 9.53 Å². The van der Waals surface area contributed by atoms with Gasteiger partial charge in [0.1, 0.15) is 11.6 Å². The lowest BCUT2D eigenvalue weighted by Gasteiger charge is -2.11. The third kappa shape index (κ3) is 2.76. The molecule has 0 atom stereocenters. The molecule has 1 heterocycles. The molecule has 0 bridgehead atoms. The average molecular weight is 292 g/mol. The molecule has 1 N–H and O–H groups in total. The first-order chi connectivity index (χ1) is 10.7. The minimum Gasteiger partial charge on any atom is -0.496 e. The Morgan fingerprint density at radius 3 is 2.45 bits per heavy atom. The molecule has 0 saturated heterocycles. The third-order valence-electron chi connectivity index (χ3n) is 3.44. The smallest absolute Gasteiger partial charge is 0.260 e. The van der Waals surface area contributed by atoms with Crippen molar-refractivity contribution in [1.82, 2.24) is 4.98 Å². The van der Waals surface area contributed by atoms with Crippen LogP contribution in [0, 0.1) is 6.92 Å². The zero-order valence-corrected chi connectivity index (χ0v) is 12.5. The van der Waals surface area contributed by atoms with Crippen LogP contribution >= 0.6 is 0 Å². The molecule has 1 aromatic heterocycles. The van der Waals surface area contributed by atoms with Gasteiger partial charge in [-0.1, -0.05) is 30.3 Å². The first-order valence-corrected chi connectivity index (χ1v) is 6.99. The van der Waals surface area contributed by atoms with E-state index in [0.29, 0.717) is 17.1 Å². The largest absolute Gasteiger partial charge is 0.496 e. The fraction of sp³-hybridized carbons (Fsp3) is 0.111. The molecule has 0 aliphatic heterocycles. The van der Waals surface area contributed by atoms with Gasteiger partial charge in [0.15, 0.2) is 0 Å². The van der Waals surface area contributed by atoms with Crippen LogP contribution in [-0.2, 0) is 0 Å². The van der Waals surface area contributed by atoms with Crippen molar-refractivity contribution in [3.05, 3.63) is 65.9 Å². The highest BCUT2D eigenvalue weighted by atomic mass is 16.5. The fourth-order valence-corrected chi connectivity index (χ4v) is 2.36. The lowest BCUT2D eigenvalue weighted by molar-refractivity contribution is 0.102. The number of amides is 1. The normalized spacial score (nSPS) is 10.5. The lowest BCUT2D eigenvalue weighted by atomic mass is 10.1. The average Bonchev–Trinajstić information content (AvgIpc) is 2.53. The van der Waals surface area contributed by atoms with E-state index in [-0.39, 0.29) is 5.91 Å². The van der Waals surface area contributed by atoms with Gasteiger partial charge in [-0.05, 0) is 42.0 Å². The Balaban J connectivity index is 1.99. The number of pyridine rings is 1. The Kier molecular flexibility index (Phi) is 3.74. The second kappa shape index (κ2) is 5.85. The molecule has 0 unspecified atom stereocenters. The molecule has 4 heteroatoms. The summed E-state index contributed by atoms with van der Waals surface area (Å²) in [5, 5.41) is 4.83. The van der Waals surface area contributed by atoms with Crippen molar-refractivity contribution in [2.45, 2.75) is 6.92 Å². The van der Waals surface area contributed by atoms with E-state index in [0.717, 1.165) is 16.5 Å². The number of fused-ring (bicyclic) bond motifs is 1. The van der Waals surface area contributed by atoms with Crippen molar-refractivity contribution in [3.8, 4) is 5.75 Å². The Hall–Kier alpha value is -2.88. The number of rotatable bonds is 3. The molecule has 4 nitrogen and oxygen atoms in total. The molecule has 2 aromatic carbocycles. The number of carbonyl (C=O) groups excluding carboxylic acids is 1. The van der Waals surface area contributed by atoms with Gasteiger partial charge in [0.05, 0.1) is 12.7 Å². The summed E-state index contributed by atoms with van der Waals surface area (Å²) in [5.41, 5.74) is 1.34. The van der Waals surface area contributed by atoms with Crippen LogP contribution in [0.15, 0.2) is 54.6 Å². The van der Waals surface area contributed by atoms with Crippen LogP contribution in [0.25, 0.3) is 10.8 Å². The van der Waals surface area contributed by atoms with Crippen LogP contribution in [0.3, 0.4) is 0 Å². The number of nitrogens with zero attached hydrogens (tertiary/aromatic N) is 1. The number of ether oxygens (including phenoxy) is 1. The Bertz CT molecular complexity index is 843. The summed E-state index contributed by atoms with van der Waals surface area (Å²) >= 11 is 0. The van der Waals surface area contributed by atoms with Crippen LogP contribution in [0.5, 0.6) is 5.75 Å². The maximum atomic E-state index is 12.5. The molecule has 0 spiro atoms. The van der Waals surface area contributed by atoms with Crippen molar-refractivity contribution >= 4 is 22.5 Å². The van der Waals surface area contributed by atoms with E-state index in [2.05, 4.69) is 10.3 Å². The van der Waals surface area contributed by atoms with Crippen molar-refractivity contribution in [2.24, 2.45) is 0 Å². The molecule has 22 heavy (non-hydrogen) atoms. The summed E-state index contributed by atoms with van der Waals surface area (Å²) in [6, 6.07) is 17.1. The predicted octanol–water partition coefficient (Wildman–Crippen LogP) is 3.80. The summed E-state index contributed by atoms with van der Waals surface area (Å²) < 4.78 is 5.35. The van der Waals surface area contributed by atoms with Crippen molar-refractivity contribution in [2.75, 3.05) is 12.4 Å². The number of hydrogen-bond acceptors (Lipinski definition) is 3. The van der Waals surface area contributed by atoms with E-state index in [1.807, 2.05) is 55.5 Å². The first-order valence-electron chi connectivity index (χ1n) is 6.99. The van der Waals surface area contributed by atoms with Gasteiger partial charge >= 0.3 is 0 Å². The predicted molar refractivity (Wildman–Crippen MR) is 87.4 cm³/mol. The SMILES string of the molecule is COc1cc2ccccc2cc1C(=O)Nc1cccc(C)n1. The van der Waals surface area contributed by atoms with Crippen LogP contribution in [-0.4, -0.2) is 18.0 Å². The Morgan fingerprint density at radius 1 is 1.05 bits per heavy atom. The van der Waals surface area contributed by atoms with Crippen LogP contribution in [0.1, 0.15) is 16.1 Å². The Labute approximate surface area is 128 Å².